The van der Waals surface area contributed by atoms with Crippen molar-refractivity contribution >= 4 is 18.0 Å². The molecular formula is C26H32N2O5. The van der Waals surface area contributed by atoms with Crippen LogP contribution in [-0.2, 0) is 14.3 Å². The average molecular weight is 453 g/mol. The van der Waals surface area contributed by atoms with Gasteiger partial charge in [-0.3, -0.25) is 9.59 Å². The summed E-state index contributed by atoms with van der Waals surface area (Å²) in [5.74, 6) is -1.96. The third-order valence-corrected chi connectivity index (χ3v) is 6.41. The van der Waals surface area contributed by atoms with Crippen molar-refractivity contribution in [1.82, 2.24) is 10.6 Å². The number of hydrogen-bond donors (Lipinski definition) is 3. The lowest BCUT2D eigenvalue weighted by Crippen LogP contribution is -2.50. The molecule has 0 radical (unpaired) electrons. The van der Waals surface area contributed by atoms with Gasteiger partial charge in [0.25, 0.3) is 0 Å². The number of carboxylic acid groups (broad SMARTS) is 1. The number of nitrogens with one attached hydrogen (secondary N) is 2. The Balaban J connectivity index is 1.61. The number of alkyl carbamates (subject to hydrolysis) is 1. The van der Waals surface area contributed by atoms with Crippen molar-refractivity contribution in [2.24, 2.45) is 11.8 Å². The minimum Gasteiger partial charge on any atom is -0.481 e. The summed E-state index contributed by atoms with van der Waals surface area (Å²) in [6.07, 6.45) is 0.364. The molecule has 3 atom stereocenters. The Morgan fingerprint density at radius 2 is 1.58 bits per heavy atom. The Hall–Kier alpha value is -3.35. The van der Waals surface area contributed by atoms with Gasteiger partial charge >= 0.3 is 12.1 Å². The van der Waals surface area contributed by atoms with Crippen LogP contribution in [0, 0.1) is 11.8 Å². The Morgan fingerprint density at radius 1 is 1.00 bits per heavy atom. The molecule has 2 aromatic rings. The lowest BCUT2D eigenvalue weighted by atomic mass is 9.98. The zero-order valence-corrected chi connectivity index (χ0v) is 19.3. The van der Waals surface area contributed by atoms with E-state index in [-0.39, 0.29) is 30.9 Å². The Morgan fingerprint density at radius 3 is 2.12 bits per heavy atom. The van der Waals surface area contributed by atoms with E-state index in [0.717, 1.165) is 22.3 Å². The van der Waals surface area contributed by atoms with Gasteiger partial charge < -0.3 is 20.5 Å². The summed E-state index contributed by atoms with van der Waals surface area (Å²) in [5, 5.41) is 14.4. The third kappa shape index (κ3) is 5.72. The SMILES string of the molecule is CCC(C)[C@H](NC(=O)OCC1c2ccccc2-c2ccccc21)C(=O)NCCC(C)C(=O)O. The molecule has 7 nitrogen and oxygen atoms in total. The Bertz CT molecular complexity index is 960. The van der Waals surface area contributed by atoms with E-state index < -0.39 is 24.0 Å². The van der Waals surface area contributed by atoms with Gasteiger partial charge in [-0.15, -0.1) is 0 Å². The second-order valence-corrected chi connectivity index (χ2v) is 8.65. The zero-order chi connectivity index (χ0) is 24.0. The smallest absolute Gasteiger partial charge is 0.407 e. The minimum atomic E-state index is -0.903. The van der Waals surface area contributed by atoms with E-state index in [9.17, 15) is 14.4 Å². The number of fused-ring (bicyclic) bond motifs is 3. The maximum atomic E-state index is 12.7. The molecule has 7 heteroatoms. The first kappa shape index (κ1) is 24.3. The molecule has 3 rings (SSSR count). The first-order valence-electron chi connectivity index (χ1n) is 11.5. The molecule has 0 aromatic heterocycles. The summed E-state index contributed by atoms with van der Waals surface area (Å²) in [7, 11) is 0. The number of carbonyl (C=O) groups excluding carboxylic acids is 2. The van der Waals surface area contributed by atoms with Crippen molar-refractivity contribution in [2.45, 2.75) is 45.6 Å². The summed E-state index contributed by atoms with van der Waals surface area (Å²) in [6.45, 7) is 5.82. The van der Waals surface area contributed by atoms with Crippen molar-refractivity contribution in [3.63, 3.8) is 0 Å². The average Bonchev–Trinajstić information content (AvgIpc) is 3.14. The molecule has 2 unspecified atom stereocenters. The van der Waals surface area contributed by atoms with Gasteiger partial charge in [-0.1, -0.05) is 75.7 Å². The van der Waals surface area contributed by atoms with Gasteiger partial charge in [-0.2, -0.15) is 0 Å². The molecular weight excluding hydrogens is 420 g/mol. The molecule has 0 heterocycles. The second-order valence-electron chi connectivity index (χ2n) is 8.65. The standard InChI is InChI=1S/C26H32N2O5/c1-4-16(2)23(24(29)27-14-13-17(3)25(30)31)28-26(32)33-15-22-20-11-7-5-9-18(20)19-10-6-8-12-21(19)22/h5-12,16-17,22-23H,4,13-15H2,1-3H3,(H,27,29)(H,28,32)(H,30,31)/t16?,17?,23-/m0/s1. The second kappa shape index (κ2) is 11.0. The van der Waals surface area contributed by atoms with E-state index in [1.54, 1.807) is 6.92 Å². The highest BCUT2D eigenvalue weighted by atomic mass is 16.5. The predicted octanol–water partition coefficient (Wildman–Crippen LogP) is 4.17. The number of carboxylic acids is 1. The van der Waals surface area contributed by atoms with E-state index in [4.69, 9.17) is 9.84 Å². The molecule has 1 aliphatic carbocycles. The normalized spacial score (nSPS) is 15.0. The first-order chi connectivity index (χ1) is 15.8. The maximum absolute atomic E-state index is 12.7. The highest BCUT2D eigenvalue weighted by molar-refractivity contribution is 5.86. The summed E-state index contributed by atoms with van der Waals surface area (Å²) in [5.41, 5.74) is 4.54. The van der Waals surface area contributed by atoms with Crippen molar-refractivity contribution in [1.29, 1.82) is 0 Å². The molecule has 176 valence electrons. The number of rotatable bonds is 10. The Labute approximate surface area is 194 Å². The fourth-order valence-electron chi connectivity index (χ4n) is 4.11. The van der Waals surface area contributed by atoms with Crippen LogP contribution in [0.25, 0.3) is 11.1 Å². The molecule has 3 N–H and O–H groups in total. The van der Waals surface area contributed by atoms with Gasteiger partial charge in [0.1, 0.15) is 12.6 Å². The Kier molecular flexibility index (Phi) is 8.09. The van der Waals surface area contributed by atoms with Crippen molar-refractivity contribution < 1.29 is 24.2 Å². The largest absolute Gasteiger partial charge is 0.481 e. The maximum Gasteiger partial charge on any atom is 0.407 e. The number of amides is 2. The molecule has 0 bridgehead atoms. The quantitative estimate of drug-likeness (QED) is 0.502. The van der Waals surface area contributed by atoms with Crippen LogP contribution >= 0.6 is 0 Å². The predicted molar refractivity (Wildman–Crippen MR) is 126 cm³/mol. The number of carbonyl (C=O) groups is 3. The monoisotopic (exact) mass is 452 g/mol. The molecule has 0 aliphatic heterocycles. The fraction of sp³-hybridized carbons (Fsp3) is 0.423. The van der Waals surface area contributed by atoms with E-state index in [0.29, 0.717) is 12.8 Å². The van der Waals surface area contributed by atoms with Crippen LogP contribution in [0.1, 0.15) is 50.7 Å². The molecule has 0 saturated carbocycles. The zero-order valence-electron chi connectivity index (χ0n) is 19.3. The van der Waals surface area contributed by atoms with Crippen LogP contribution in [0.3, 0.4) is 0 Å². The van der Waals surface area contributed by atoms with E-state index in [1.807, 2.05) is 38.1 Å². The van der Waals surface area contributed by atoms with E-state index in [1.165, 1.54) is 0 Å². The van der Waals surface area contributed by atoms with Crippen molar-refractivity contribution in [3.05, 3.63) is 59.7 Å². The van der Waals surface area contributed by atoms with Crippen LogP contribution in [0.15, 0.2) is 48.5 Å². The van der Waals surface area contributed by atoms with Gasteiger partial charge in [0.2, 0.25) is 5.91 Å². The molecule has 2 amide bonds. The number of ether oxygens (including phenoxy) is 1. The third-order valence-electron chi connectivity index (χ3n) is 6.41. The lowest BCUT2D eigenvalue weighted by molar-refractivity contribution is -0.141. The summed E-state index contributed by atoms with van der Waals surface area (Å²) in [6, 6.07) is 15.4. The van der Waals surface area contributed by atoms with Crippen molar-refractivity contribution in [2.75, 3.05) is 13.2 Å². The lowest BCUT2D eigenvalue weighted by Gasteiger charge is -2.24. The number of benzene rings is 2. The van der Waals surface area contributed by atoms with Crippen LogP contribution < -0.4 is 10.6 Å². The molecule has 2 aromatic carbocycles. The molecule has 0 saturated heterocycles. The topological polar surface area (TPSA) is 105 Å². The fourth-order valence-corrected chi connectivity index (χ4v) is 4.11. The van der Waals surface area contributed by atoms with Gasteiger partial charge in [0.15, 0.2) is 0 Å². The van der Waals surface area contributed by atoms with Gasteiger partial charge in [-0.05, 0) is 34.6 Å². The van der Waals surface area contributed by atoms with Crippen molar-refractivity contribution in [3.8, 4) is 11.1 Å². The first-order valence-corrected chi connectivity index (χ1v) is 11.5. The van der Waals surface area contributed by atoms with Gasteiger partial charge in [0, 0.05) is 12.5 Å². The van der Waals surface area contributed by atoms with Crippen LogP contribution in [0.4, 0.5) is 4.79 Å². The number of aliphatic carboxylic acids is 1. The highest BCUT2D eigenvalue weighted by Gasteiger charge is 2.30. The van der Waals surface area contributed by atoms with Gasteiger partial charge in [-0.25, -0.2) is 4.79 Å². The summed E-state index contributed by atoms with van der Waals surface area (Å²) in [4.78, 5) is 36.3. The van der Waals surface area contributed by atoms with Gasteiger partial charge in [0.05, 0.1) is 5.92 Å². The van der Waals surface area contributed by atoms with Crippen LogP contribution in [0.2, 0.25) is 0 Å². The summed E-state index contributed by atoms with van der Waals surface area (Å²) < 4.78 is 5.58. The molecule has 33 heavy (non-hydrogen) atoms. The van der Waals surface area contributed by atoms with Crippen LogP contribution in [0.5, 0.6) is 0 Å². The number of hydrogen-bond acceptors (Lipinski definition) is 4. The van der Waals surface area contributed by atoms with E-state index in [2.05, 4.69) is 34.9 Å². The van der Waals surface area contributed by atoms with E-state index >= 15 is 0 Å². The minimum absolute atomic E-state index is 0.0588. The molecule has 0 fully saturated rings. The van der Waals surface area contributed by atoms with Crippen LogP contribution in [-0.4, -0.2) is 42.3 Å². The highest BCUT2D eigenvalue weighted by Crippen LogP contribution is 2.44. The molecule has 1 aliphatic rings. The summed E-state index contributed by atoms with van der Waals surface area (Å²) >= 11 is 0. The molecule has 0 spiro atoms.